The first-order chi connectivity index (χ1) is 9.74. The van der Waals surface area contributed by atoms with Crippen molar-refractivity contribution in [1.29, 1.82) is 0 Å². The minimum absolute atomic E-state index is 0.401. The lowest BCUT2D eigenvalue weighted by Gasteiger charge is -2.18. The Morgan fingerprint density at radius 3 is 2.50 bits per heavy atom. The van der Waals surface area contributed by atoms with Gasteiger partial charge in [-0.2, -0.15) is 4.98 Å². The van der Waals surface area contributed by atoms with Gasteiger partial charge in [0.05, 0.1) is 0 Å². The number of hydrogen-bond acceptors (Lipinski definition) is 5. The number of nitrogens with zero attached hydrogens (tertiary/aromatic N) is 3. The van der Waals surface area contributed by atoms with Crippen molar-refractivity contribution in [1.82, 2.24) is 15.5 Å². The maximum absolute atomic E-state index is 5.44. The molecule has 1 N–H and O–H groups in total. The molecule has 0 amide bonds. The van der Waals surface area contributed by atoms with Crippen LogP contribution in [-0.4, -0.2) is 37.3 Å². The number of rotatable bonds is 3. The molecule has 0 saturated carbocycles. The number of hydrogen-bond donors (Lipinski definition) is 1. The molecule has 5 heteroatoms. The normalized spacial score (nSPS) is 16.3. The molecule has 3 rings (SSSR count). The van der Waals surface area contributed by atoms with Gasteiger partial charge in [-0.3, -0.25) is 0 Å². The van der Waals surface area contributed by atoms with E-state index in [9.17, 15) is 0 Å². The van der Waals surface area contributed by atoms with E-state index in [1.54, 1.807) is 0 Å². The monoisotopic (exact) mass is 272 g/mol. The van der Waals surface area contributed by atoms with E-state index < -0.39 is 0 Å². The van der Waals surface area contributed by atoms with Gasteiger partial charge in [0.2, 0.25) is 11.7 Å². The third-order valence-electron chi connectivity index (χ3n) is 3.77. The Morgan fingerprint density at radius 1 is 1.15 bits per heavy atom. The van der Waals surface area contributed by atoms with Crippen molar-refractivity contribution in [2.45, 2.75) is 18.8 Å². The van der Waals surface area contributed by atoms with Gasteiger partial charge in [0.15, 0.2) is 0 Å². The first-order valence-electron chi connectivity index (χ1n) is 7.06. The highest BCUT2D eigenvalue weighted by atomic mass is 16.5. The van der Waals surface area contributed by atoms with Crippen molar-refractivity contribution in [2.75, 3.05) is 32.1 Å². The molecule has 1 aliphatic heterocycles. The molecule has 1 fully saturated rings. The van der Waals surface area contributed by atoms with Crippen molar-refractivity contribution in [3.8, 4) is 11.4 Å². The van der Waals surface area contributed by atoms with Gasteiger partial charge in [0.1, 0.15) is 0 Å². The van der Waals surface area contributed by atoms with Gasteiger partial charge in [-0.15, -0.1) is 0 Å². The lowest BCUT2D eigenvalue weighted by molar-refractivity contribution is 0.320. The molecule has 1 aromatic carbocycles. The van der Waals surface area contributed by atoms with Gasteiger partial charge < -0.3 is 14.7 Å². The Morgan fingerprint density at radius 2 is 1.85 bits per heavy atom. The summed E-state index contributed by atoms with van der Waals surface area (Å²) in [6, 6.07) is 8.20. The first-order valence-corrected chi connectivity index (χ1v) is 7.06. The van der Waals surface area contributed by atoms with E-state index in [0.29, 0.717) is 11.7 Å². The van der Waals surface area contributed by atoms with Crippen LogP contribution in [0.25, 0.3) is 11.4 Å². The smallest absolute Gasteiger partial charge is 0.230 e. The second kappa shape index (κ2) is 5.63. The molecule has 106 valence electrons. The fourth-order valence-electron chi connectivity index (χ4n) is 2.50. The summed E-state index contributed by atoms with van der Waals surface area (Å²) in [5.74, 6) is 1.86. The lowest BCUT2D eigenvalue weighted by atomic mass is 9.98. The van der Waals surface area contributed by atoms with Crippen LogP contribution in [0.2, 0.25) is 0 Å². The predicted molar refractivity (Wildman–Crippen MR) is 78.9 cm³/mol. The van der Waals surface area contributed by atoms with Gasteiger partial charge >= 0.3 is 0 Å². The average molecular weight is 272 g/mol. The fourth-order valence-corrected chi connectivity index (χ4v) is 2.50. The largest absolute Gasteiger partial charge is 0.378 e. The second-order valence-electron chi connectivity index (χ2n) is 5.42. The molecule has 1 aliphatic rings. The maximum atomic E-state index is 5.44. The van der Waals surface area contributed by atoms with Crippen molar-refractivity contribution >= 4 is 5.69 Å². The Labute approximate surface area is 119 Å². The van der Waals surface area contributed by atoms with Crippen LogP contribution in [0.5, 0.6) is 0 Å². The second-order valence-corrected chi connectivity index (χ2v) is 5.42. The van der Waals surface area contributed by atoms with E-state index in [1.165, 1.54) is 0 Å². The molecule has 0 spiro atoms. The third kappa shape index (κ3) is 2.67. The summed E-state index contributed by atoms with van der Waals surface area (Å²) >= 11 is 0. The Kier molecular flexibility index (Phi) is 3.69. The van der Waals surface area contributed by atoms with Crippen LogP contribution >= 0.6 is 0 Å². The number of aromatic nitrogens is 2. The standard InChI is InChI=1S/C15H20N4O/c1-19(2)13-5-3-11(4-6-13)14-17-15(20-18-14)12-7-9-16-10-8-12/h3-6,12,16H,7-10H2,1-2H3. The zero-order valence-corrected chi connectivity index (χ0v) is 12.0. The molecular formula is C15H20N4O. The molecule has 0 unspecified atom stereocenters. The predicted octanol–water partition coefficient (Wildman–Crippen LogP) is 2.27. The minimum Gasteiger partial charge on any atom is -0.378 e. The zero-order chi connectivity index (χ0) is 13.9. The highest BCUT2D eigenvalue weighted by Gasteiger charge is 2.21. The van der Waals surface area contributed by atoms with E-state index in [1.807, 2.05) is 26.2 Å². The Hall–Kier alpha value is -1.88. The molecule has 0 aliphatic carbocycles. The van der Waals surface area contributed by atoms with Crippen molar-refractivity contribution < 1.29 is 4.52 Å². The zero-order valence-electron chi connectivity index (χ0n) is 12.0. The van der Waals surface area contributed by atoms with E-state index in [0.717, 1.165) is 43.1 Å². The molecular weight excluding hydrogens is 252 g/mol. The molecule has 20 heavy (non-hydrogen) atoms. The molecule has 0 radical (unpaired) electrons. The summed E-state index contributed by atoms with van der Waals surface area (Å²) in [5, 5.41) is 7.46. The summed E-state index contributed by atoms with van der Waals surface area (Å²) in [4.78, 5) is 6.63. The van der Waals surface area contributed by atoms with E-state index in [-0.39, 0.29) is 0 Å². The Balaban J connectivity index is 1.78. The van der Waals surface area contributed by atoms with Gasteiger partial charge in [-0.05, 0) is 50.2 Å². The molecule has 5 nitrogen and oxygen atoms in total. The molecule has 1 saturated heterocycles. The van der Waals surface area contributed by atoms with Crippen LogP contribution in [-0.2, 0) is 0 Å². The van der Waals surface area contributed by atoms with Crippen LogP contribution in [0.3, 0.4) is 0 Å². The van der Waals surface area contributed by atoms with Crippen LogP contribution in [0.15, 0.2) is 28.8 Å². The topological polar surface area (TPSA) is 54.2 Å². The summed E-state index contributed by atoms with van der Waals surface area (Å²) in [5.41, 5.74) is 2.16. The van der Waals surface area contributed by atoms with E-state index in [2.05, 4.69) is 32.5 Å². The van der Waals surface area contributed by atoms with E-state index in [4.69, 9.17) is 4.52 Å². The van der Waals surface area contributed by atoms with Crippen LogP contribution in [0.1, 0.15) is 24.7 Å². The maximum Gasteiger partial charge on any atom is 0.230 e. The highest BCUT2D eigenvalue weighted by Crippen LogP contribution is 2.26. The third-order valence-corrected chi connectivity index (χ3v) is 3.77. The number of piperidine rings is 1. The number of nitrogens with one attached hydrogen (secondary N) is 1. The van der Waals surface area contributed by atoms with Crippen LogP contribution in [0, 0.1) is 0 Å². The summed E-state index contributed by atoms with van der Waals surface area (Å²) in [6.07, 6.45) is 2.14. The number of anilines is 1. The van der Waals surface area contributed by atoms with Gasteiger partial charge in [0, 0.05) is 31.3 Å². The van der Waals surface area contributed by atoms with Crippen molar-refractivity contribution in [2.24, 2.45) is 0 Å². The lowest BCUT2D eigenvalue weighted by Crippen LogP contribution is -2.26. The molecule has 0 bridgehead atoms. The SMILES string of the molecule is CN(C)c1ccc(-c2noc(C3CCNCC3)n2)cc1. The van der Waals surface area contributed by atoms with Crippen molar-refractivity contribution in [3.05, 3.63) is 30.2 Å². The minimum atomic E-state index is 0.401. The van der Waals surface area contributed by atoms with Gasteiger partial charge in [-0.1, -0.05) is 5.16 Å². The summed E-state index contributed by atoms with van der Waals surface area (Å²) in [6.45, 7) is 2.06. The highest BCUT2D eigenvalue weighted by molar-refractivity contribution is 5.59. The Bertz CT molecular complexity index is 556. The van der Waals surface area contributed by atoms with Crippen LogP contribution < -0.4 is 10.2 Å². The van der Waals surface area contributed by atoms with Crippen molar-refractivity contribution in [3.63, 3.8) is 0 Å². The molecule has 0 atom stereocenters. The summed E-state index contributed by atoms with van der Waals surface area (Å²) in [7, 11) is 4.05. The first kappa shape index (κ1) is 13.1. The summed E-state index contributed by atoms with van der Waals surface area (Å²) < 4.78 is 5.44. The number of benzene rings is 1. The quantitative estimate of drug-likeness (QED) is 0.929. The van der Waals surface area contributed by atoms with Gasteiger partial charge in [-0.25, -0.2) is 0 Å². The molecule has 2 heterocycles. The van der Waals surface area contributed by atoms with E-state index >= 15 is 0 Å². The average Bonchev–Trinajstić information content (AvgIpc) is 2.98. The fraction of sp³-hybridized carbons (Fsp3) is 0.467. The van der Waals surface area contributed by atoms with Crippen LogP contribution in [0.4, 0.5) is 5.69 Å². The van der Waals surface area contributed by atoms with Gasteiger partial charge in [0.25, 0.3) is 0 Å². The molecule has 2 aromatic rings. The molecule has 1 aromatic heterocycles.